The number of rotatable bonds is 1. The van der Waals surface area contributed by atoms with Crippen molar-refractivity contribution >= 4 is 0 Å². The third-order valence-electron chi connectivity index (χ3n) is 3.36. The van der Waals surface area contributed by atoms with Crippen LogP contribution in [0.2, 0.25) is 0 Å². The van der Waals surface area contributed by atoms with Crippen LogP contribution in [0.4, 0.5) is 0 Å². The van der Waals surface area contributed by atoms with Gasteiger partial charge in [-0.1, -0.05) is 0 Å². The molecule has 0 aromatic heterocycles. The summed E-state index contributed by atoms with van der Waals surface area (Å²) in [4.78, 5) is 2.49. The molecular formula is C9H17NO. The monoisotopic (exact) mass is 155 g/mol. The highest BCUT2D eigenvalue weighted by Gasteiger charge is 2.44. The van der Waals surface area contributed by atoms with Crippen LogP contribution in [-0.2, 0) is 4.74 Å². The lowest BCUT2D eigenvalue weighted by Crippen LogP contribution is -2.57. The predicted octanol–water partition coefficient (Wildman–Crippen LogP) is 1.12. The number of fused-ring (bicyclic) bond motifs is 1. The van der Waals surface area contributed by atoms with Crippen LogP contribution in [0.15, 0.2) is 0 Å². The van der Waals surface area contributed by atoms with Crippen LogP contribution in [0.3, 0.4) is 0 Å². The van der Waals surface area contributed by atoms with Crippen molar-refractivity contribution in [2.75, 3.05) is 20.7 Å². The third kappa shape index (κ3) is 1.09. The molecule has 0 bridgehead atoms. The smallest absolute Gasteiger partial charge is 0.0629 e. The molecule has 0 N–H and O–H groups in total. The molecule has 1 saturated heterocycles. The molecule has 2 nitrogen and oxygen atoms in total. The normalized spacial score (nSPS) is 44.7. The second kappa shape index (κ2) is 2.76. The van der Waals surface area contributed by atoms with Crippen LogP contribution in [-0.4, -0.2) is 37.7 Å². The van der Waals surface area contributed by atoms with Crippen molar-refractivity contribution in [1.29, 1.82) is 0 Å². The molecule has 0 amide bonds. The molecule has 2 rings (SSSR count). The highest BCUT2D eigenvalue weighted by molar-refractivity contribution is 4.98. The lowest BCUT2D eigenvalue weighted by atomic mass is 9.71. The number of hydrogen-bond acceptors (Lipinski definition) is 2. The van der Waals surface area contributed by atoms with Gasteiger partial charge in [0, 0.05) is 19.1 Å². The number of hydrogen-bond donors (Lipinski definition) is 0. The van der Waals surface area contributed by atoms with Crippen molar-refractivity contribution in [1.82, 2.24) is 4.90 Å². The van der Waals surface area contributed by atoms with Gasteiger partial charge in [-0.3, -0.25) is 0 Å². The minimum absolute atomic E-state index is 0.572. The maximum Gasteiger partial charge on any atom is 0.0629 e. The fourth-order valence-corrected chi connectivity index (χ4v) is 2.54. The van der Waals surface area contributed by atoms with Crippen LogP contribution < -0.4 is 0 Å². The van der Waals surface area contributed by atoms with Crippen molar-refractivity contribution < 1.29 is 4.74 Å². The van der Waals surface area contributed by atoms with Crippen molar-refractivity contribution in [2.24, 2.45) is 5.92 Å². The maximum absolute atomic E-state index is 5.38. The quantitative estimate of drug-likeness (QED) is 0.562. The Bertz CT molecular complexity index is 148. The van der Waals surface area contributed by atoms with E-state index in [9.17, 15) is 0 Å². The first-order chi connectivity index (χ1) is 5.33. The van der Waals surface area contributed by atoms with E-state index in [0.717, 1.165) is 12.0 Å². The Morgan fingerprint density at radius 3 is 3.00 bits per heavy atom. The van der Waals surface area contributed by atoms with Gasteiger partial charge in [-0.2, -0.15) is 0 Å². The van der Waals surface area contributed by atoms with Gasteiger partial charge in [0.05, 0.1) is 6.10 Å². The molecule has 1 unspecified atom stereocenters. The van der Waals surface area contributed by atoms with E-state index >= 15 is 0 Å². The number of likely N-dealkylation sites (tertiary alicyclic amines) is 1. The van der Waals surface area contributed by atoms with E-state index in [1.165, 1.54) is 25.8 Å². The van der Waals surface area contributed by atoms with Gasteiger partial charge in [-0.15, -0.1) is 0 Å². The van der Waals surface area contributed by atoms with Gasteiger partial charge in [-0.05, 0) is 32.9 Å². The minimum atomic E-state index is 0.572. The Kier molecular flexibility index (Phi) is 1.90. The summed E-state index contributed by atoms with van der Waals surface area (Å²) in [6.07, 6.45) is 4.57. The lowest BCUT2D eigenvalue weighted by Gasteiger charge is -2.51. The molecule has 0 radical (unpaired) electrons. The fraction of sp³-hybridized carbons (Fsp3) is 1.00. The lowest BCUT2D eigenvalue weighted by molar-refractivity contribution is -0.0996. The second-order valence-electron chi connectivity index (χ2n) is 3.86. The summed E-state index contributed by atoms with van der Waals surface area (Å²) in [5, 5.41) is 0. The second-order valence-corrected chi connectivity index (χ2v) is 3.86. The van der Waals surface area contributed by atoms with Crippen LogP contribution in [0, 0.1) is 5.92 Å². The number of methoxy groups -OCH3 is 1. The molecule has 1 aliphatic carbocycles. The zero-order valence-electron chi connectivity index (χ0n) is 7.42. The molecule has 1 aliphatic heterocycles. The fourth-order valence-electron chi connectivity index (χ4n) is 2.54. The zero-order chi connectivity index (χ0) is 7.84. The van der Waals surface area contributed by atoms with E-state index in [1.807, 2.05) is 7.11 Å². The molecule has 2 heteroatoms. The Balaban J connectivity index is 1.94. The summed E-state index contributed by atoms with van der Waals surface area (Å²) in [5.74, 6) is 0.846. The predicted molar refractivity (Wildman–Crippen MR) is 44.6 cm³/mol. The van der Waals surface area contributed by atoms with Crippen molar-refractivity contribution in [3.05, 3.63) is 0 Å². The summed E-state index contributed by atoms with van der Waals surface area (Å²) in [7, 11) is 4.08. The SMILES string of the molecule is COC1C[C@@H]2[C@H]1CCCN2C. The van der Waals surface area contributed by atoms with E-state index < -0.39 is 0 Å². The van der Waals surface area contributed by atoms with Gasteiger partial charge in [0.15, 0.2) is 0 Å². The average molecular weight is 155 g/mol. The number of ether oxygens (including phenoxy) is 1. The molecule has 0 aromatic rings. The van der Waals surface area contributed by atoms with Gasteiger partial charge in [0.2, 0.25) is 0 Å². The molecule has 0 aromatic carbocycles. The van der Waals surface area contributed by atoms with E-state index in [-0.39, 0.29) is 0 Å². The Hall–Kier alpha value is -0.0800. The Morgan fingerprint density at radius 2 is 2.27 bits per heavy atom. The summed E-state index contributed by atoms with van der Waals surface area (Å²) in [6, 6.07) is 0.841. The van der Waals surface area contributed by atoms with E-state index in [1.54, 1.807) is 0 Å². The molecule has 0 spiro atoms. The maximum atomic E-state index is 5.38. The van der Waals surface area contributed by atoms with Gasteiger partial charge >= 0.3 is 0 Å². The zero-order valence-corrected chi connectivity index (χ0v) is 7.42. The Morgan fingerprint density at radius 1 is 1.45 bits per heavy atom. The molecule has 1 heterocycles. The molecule has 2 aliphatic rings. The van der Waals surface area contributed by atoms with E-state index in [2.05, 4.69) is 11.9 Å². The van der Waals surface area contributed by atoms with Crippen LogP contribution >= 0.6 is 0 Å². The standard InChI is InChI=1S/C9H17NO/c1-10-5-3-4-7-8(10)6-9(7)11-2/h7-9H,3-6H2,1-2H3/t7-,8-,9?/m1/s1. The van der Waals surface area contributed by atoms with Crippen LogP contribution in [0.5, 0.6) is 0 Å². The van der Waals surface area contributed by atoms with Crippen molar-refractivity contribution in [3.8, 4) is 0 Å². The van der Waals surface area contributed by atoms with Gasteiger partial charge < -0.3 is 9.64 Å². The summed E-state index contributed by atoms with van der Waals surface area (Å²) < 4.78 is 5.38. The molecule has 11 heavy (non-hydrogen) atoms. The molecule has 1 saturated carbocycles. The number of nitrogens with zero attached hydrogens (tertiary/aromatic N) is 1. The highest BCUT2D eigenvalue weighted by atomic mass is 16.5. The average Bonchev–Trinajstić information content (AvgIpc) is 1.95. The summed E-state index contributed by atoms with van der Waals surface area (Å²) in [5.41, 5.74) is 0. The van der Waals surface area contributed by atoms with E-state index in [4.69, 9.17) is 4.74 Å². The van der Waals surface area contributed by atoms with Crippen molar-refractivity contribution in [2.45, 2.75) is 31.4 Å². The first-order valence-corrected chi connectivity index (χ1v) is 4.56. The molecular weight excluding hydrogens is 138 g/mol. The minimum Gasteiger partial charge on any atom is -0.381 e. The van der Waals surface area contributed by atoms with Gasteiger partial charge in [0.25, 0.3) is 0 Å². The van der Waals surface area contributed by atoms with Gasteiger partial charge in [0.1, 0.15) is 0 Å². The molecule has 3 atom stereocenters. The number of piperidine rings is 1. The van der Waals surface area contributed by atoms with Gasteiger partial charge in [-0.25, -0.2) is 0 Å². The highest BCUT2D eigenvalue weighted by Crippen LogP contribution is 2.40. The first-order valence-electron chi connectivity index (χ1n) is 4.56. The Labute approximate surface area is 68.5 Å². The summed E-state index contributed by atoms with van der Waals surface area (Å²) in [6.45, 7) is 1.29. The first kappa shape index (κ1) is 7.56. The largest absolute Gasteiger partial charge is 0.381 e. The molecule has 64 valence electrons. The van der Waals surface area contributed by atoms with Crippen molar-refractivity contribution in [3.63, 3.8) is 0 Å². The van der Waals surface area contributed by atoms with Crippen LogP contribution in [0.25, 0.3) is 0 Å². The third-order valence-corrected chi connectivity index (χ3v) is 3.36. The van der Waals surface area contributed by atoms with Crippen LogP contribution in [0.1, 0.15) is 19.3 Å². The topological polar surface area (TPSA) is 12.5 Å². The molecule has 2 fully saturated rings. The summed E-state index contributed by atoms with van der Waals surface area (Å²) >= 11 is 0. The van der Waals surface area contributed by atoms with E-state index in [0.29, 0.717) is 6.10 Å².